The molecule has 2 N–H and O–H groups in total. The van der Waals surface area contributed by atoms with E-state index < -0.39 is 0 Å². The van der Waals surface area contributed by atoms with E-state index in [1.54, 1.807) is 0 Å². The Bertz CT molecular complexity index is 146. The summed E-state index contributed by atoms with van der Waals surface area (Å²) in [5.41, 5.74) is 0. The molecule has 0 spiro atoms. The van der Waals surface area contributed by atoms with Crippen LogP contribution in [0, 0.1) is 0 Å². The minimum atomic E-state index is -0.118. The van der Waals surface area contributed by atoms with E-state index in [0.29, 0.717) is 0 Å². The zero-order chi connectivity index (χ0) is 5.98. The van der Waals surface area contributed by atoms with Crippen LogP contribution < -0.4 is 0 Å². The van der Waals surface area contributed by atoms with Crippen molar-refractivity contribution in [3.05, 3.63) is 23.9 Å². The molecule has 0 radical (unpaired) electrons. The summed E-state index contributed by atoms with van der Waals surface area (Å²) < 4.78 is 4.60. The van der Waals surface area contributed by atoms with Gasteiger partial charge in [-0.25, -0.2) is 0 Å². The Labute approximate surface area is 46.5 Å². The SMILES string of the molecule is OC1=C(O)COC=C1. The molecule has 1 rings (SSSR count). The van der Waals surface area contributed by atoms with Gasteiger partial charge < -0.3 is 14.9 Å². The van der Waals surface area contributed by atoms with E-state index in [0.717, 1.165) is 0 Å². The molecule has 0 amide bonds. The Morgan fingerprint density at radius 3 is 2.62 bits per heavy atom. The van der Waals surface area contributed by atoms with Gasteiger partial charge in [-0.1, -0.05) is 0 Å². The summed E-state index contributed by atoms with van der Waals surface area (Å²) in [4.78, 5) is 0. The molecule has 0 saturated carbocycles. The van der Waals surface area contributed by atoms with Gasteiger partial charge in [-0.15, -0.1) is 0 Å². The normalized spacial score (nSPS) is 18.5. The van der Waals surface area contributed by atoms with E-state index >= 15 is 0 Å². The molecule has 1 heterocycles. The lowest BCUT2D eigenvalue weighted by Gasteiger charge is -2.05. The fourth-order valence-electron chi connectivity index (χ4n) is 0.410. The highest BCUT2D eigenvalue weighted by molar-refractivity contribution is 5.15. The van der Waals surface area contributed by atoms with Gasteiger partial charge in [-0.2, -0.15) is 0 Å². The molecule has 0 aliphatic carbocycles. The molecule has 1 aliphatic rings. The zero-order valence-corrected chi connectivity index (χ0v) is 4.16. The number of ether oxygens (including phenoxy) is 1. The average Bonchev–Trinajstić information content (AvgIpc) is 1.77. The number of rotatable bonds is 0. The lowest BCUT2D eigenvalue weighted by atomic mass is 10.4. The molecular weight excluding hydrogens is 108 g/mol. The minimum absolute atomic E-state index is 0.0718. The number of allylic oxidation sites excluding steroid dienone is 1. The maximum absolute atomic E-state index is 8.64. The standard InChI is InChI=1S/C5H6O3/c6-4-1-2-8-3-5(4)7/h1-2,6-7H,3H2. The van der Waals surface area contributed by atoms with Crippen LogP contribution in [0.15, 0.2) is 23.9 Å². The second-order valence-electron chi connectivity index (χ2n) is 1.45. The highest BCUT2D eigenvalue weighted by Crippen LogP contribution is 2.05. The summed E-state index contributed by atoms with van der Waals surface area (Å²) in [5, 5.41) is 17.3. The summed E-state index contributed by atoms with van der Waals surface area (Å²) in [6.45, 7) is 0.0718. The first kappa shape index (κ1) is 5.03. The number of hydrogen-bond acceptors (Lipinski definition) is 3. The topological polar surface area (TPSA) is 49.7 Å². The maximum Gasteiger partial charge on any atom is 0.172 e. The highest BCUT2D eigenvalue weighted by atomic mass is 16.5. The zero-order valence-electron chi connectivity index (χ0n) is 4.16. The second-order valence-corrected chi connectivity index (χ2v) is 1.45. The second kappa shape index (κ2) is 1.78. The van der Waals surface area contributed by atoms with E-state index in [1.165, 1.54) is 12.3 Å². The first-order valence-corrected chi connectivity index (χ1v) is 2.20. The Hall–Kier alpha value is -1.12. The molecule has 0 aromatic heterocycles. The van der Waals surface area contributed by atoms with Gasteiger partial charge in [-0.3, -0.25) is 0 Å². The van der Waals surface area contributed by atoms with Gasteiger partial charge in [-0.05, 0) is 0 Å². The quantitative estimate of drug-likeness (QED) is 0.491. The minimum Gasteiger partial charge on any atom is -0.506 e. The number of hydrogen-bond donors (Lipinski definition) is 2. The molecule has 0 aromatic rings. The molecule has 3 heteroatoms. The number of aliphatic hydroxyl groups is 2. The van der Waals surface area contributed by atoms with Crippen molar-refractivity contribution in [1.82, 2.24) is 0 Å². The monoisotopic (exact) mass is 114 g/mol. The summed E-state index contributed by atoms with van der Waals surface area (Å²) in [7, 11) is 0. The van der Waals surface area contributed by atoms with Crippen LogP contribution >= 0.6 is 0 Å². The third-order valence-electron chi connectivity index (χ3n) is 0.838. The molecule has 0 aromatic carbocycles. The van der Waals surface area contributed by atoms with Gasteiger partial charge in [0.1, 0.15) is 6.61 Å². The van der Waals surface area contributed by atoms with Crippen molar-refractivity contribution in [3.8, 4) is 0 Å². The van der Waals surface area contributed by atoms with Crippen LogP contribution in [-0.2, 0) is 4.74 Å². The van der Waals surface area contributed by atoms with Crippen LogP contribution in [0.2, 0.25) is 0 Å². The van der Waals surface area contributed by atoms with Crippen molar-refractivity contribution < 1.29 is 14.9 Å². The molecule has 44 valence electrons. The smallest absolute Gasteiger partial charge is 0.172 e. The molecule has 3 nitrogen and oxygen atoms in total. The summed E-state index contributed by atoms with van der Waals surface area (Å²) in [6.07, 6.45) is 2.62. The molecule has 0 saturated heterocycles. The molecule has 0 fully saturated rings. The van der Waals surface area contributed by atoms with Crippen LogP contribution in [0.3, 0.4) is 0 Å². The molecule has 8 heavy (non-hydrogen) atoms. The molecular formula is C5H6O3. The van der Waals surface area contributed by atoms with Gasteiger partial charge >= 0.3 is 0 Å². The molecule has 0 unspecified atom stereocenters. The number of aliphatic hydroxyl groups excluding tert-OH is 2. The Morgan fingerprint density at radius 2 is 2.25 bits per heavy atom. The van der Waals surface area contributed by atoms with E-state index in [9.17, 15) is 0 Å². The van der Waals surface area contributed by atoms with Crippen molar-refractivity contribution in [1.29, 1.82) is 0 Å². The third-order valence-corrected chi connectivity index (χ3v) is 0.838. The Kier molecular flexibility index (Phi) is 1.12. The van der Waals surface area contributed by atoms with Crippen molar-refractivity contribution in [3.63, 3.8) is 0 Å². The van der Waals surface area contributed by atoms with E-state index in [-0.39, 0.29) is 18.1 Å². The van der Waals surface area contributed by atoms with E-state index in [2.05, 4.69) is 4.74 Å². The molecule has 1 aliphatic heterocycles. The lowest BCUT2D eigenvalue weighted by Crippen LogP contribution is -2.00. The first-order chi connectivity index (χ1) is 3.80. The van der Waals surface area contributed by atoms with E-state index in [1.807, 2.05) is 0 Å². The van der Waals surface area contributed by atoms with Crippen LogP contribution in [0.4, 0.5) is 0 Å². The predicted octanol–water partition coefficient (Wildman–Crippen LogP) is 0.858. The van der Waals surface area contributed by atoms with Crippen molar-refractivity contribution in [2.75, 3.05) is 6.61 Å². The summed E-state index contributed by atoms with van der Waals surface area (Å²) >= 11 is 0. The molecule has 0 atom stereocenters. The summed E-state index contributed by atoms with van der Waals surface area (Å²) in [6, 6.07) is 0. The summed E-state index contributed by atoms with van der Waals surface area (Å²) in [5.74, 6) is -0.233. The van der Waals surface area contributed by atoms with Crippen LogP contribution in [-0.4, -0.2) is 16.8 Å². The highest BCUT2D eigenvalue weighted by Gasteiger charge is 2.03. The van der Waals surface area contributed by atoms with Gasteiger partial charge in [0.05, 0.1) is 6.26 Å². The van der Waals surface area contributed by atoms with Gasteiger partial charge in [0.2, 0.25) is 0 Å². The van der Waals surface area contributed by atoms with Crippen LogP contribution in [0.1, 0.15) is 0 Å². The van der Waals surface area contributed by atoms with Crippen molar-refractivity contribution >= 4 is 0 Å². The fourth-order valence-corrected chi connectivity index (χ4v) is 0.410. The van der Waals surface area contributed by atoms with Gasteiger partial charge in [0.15, 0.2) is 11.5 Å². The largest absolute Gasteiger partial charge is 0.506 e. The lowest BCUT2D eigenvalue weighted by molar-refractivity contribution is 0.194. The average molecular weight is 114 g/mol. The first-order valence-electron chi connectivity index (χ1n) is 2.20. The Morgan fingerprint density at radius 1 is 1.50 bits per heavy atom. The predicted molar refractivity (Wildman–Crippen MR) is 27.4 cm³/mol. The van der Waals surface area contributed by atoms with Gasteiger partial charge in [0, 0.05) is 6.08 Å². The van der Waals surface area contributed by atoms with Crippen LogP contribution in [0.5, 0.6) is 0 Å². The van der Waals surface area contributed by atoms with E-state index in [4.69, 9.17) is 10.2 Å². The molecule has 0 bridgehead atoms. The maximum atomic E-state index is 8.64. The fraction of sp³-hybridized carbons (Fsp3) is 0.200. The van der Waals surface area contributed by atoms with Crippen LogP contribution in [0.25, 0.3) is 0 Å². The van der Waals surface area contributed by atoms with Crippen molar-refractivity contribution in [2.45, 2.75) is 0 Å². The Balaban J connectivity index is 2.76. The van der Waals surface area contributed by atoms with Gasteiger partial charge in [0.25, 0.3) is 0 Å². The third kappa shape index (κ3) is 0.753. The van der Waals surface area contributed by atoms with Crippen molar-refractivity contribution in [2.24, 2.45) is 0 Å².